The number of rotatable bonds is 3. The molecular weight excluding hydrogens is 252 g/mol. The van der Waals surface area contributed by atoms with Gasteiger partial charge in [-0.2, -0.15) is 0 Å². The van der Waals surface area contributed by atoms with Gasteiger partial charge >= 0.3 is 0 Å². The lowest BCUT2D eigenvalue weighted by Crippen LogP contribution is -2.43. The van der Waals surface area contributed by atoms with Crippen molar-refractivity contribution in [2.24, 2.45) is 11.7 Å². The molecule has 96 valence electrons. The quantitative estimate of drug-likeness (QED) is 0.912. The van der Waals surface area contributed by atoms with E-state index in [1.54, 1.807) is 11.3 Å². The molecule has 1 aliphatic heterocycles. The standard InChI is InChI=1S/C13H21ClN2S/c1-9-4-3-7-16(8-9)13(10(2)15)11-5-6-12(14)17-11/h5-6,9-10,13H,3-4,7-8,15H2,1-2H3. The fraction of sp³-hybridized carbons (Fsp3) is 0.692. The molecule has 0 saturated carbocycles. The number of halogens is 1. The summed E-state index contributed by atoms with van der Waals surface area (Å²) in [5.74, 6) is 0.778. The van der Waals surface area contributed by atoms with Crippen LogP contribution in [0.2, 0.25) is 4.34 Å². The second kappa shape index (κ2) is 5.70. The molecule has 0 spiro atoms. The van der Waals surface area contributed by atoms with Gasteiger partial charge in [-0.3, -0.25) is 4.90 Å². The molecule has 0 amide bonds. The zero-order valence-electron chi connectivity index (χ0n) is 10.5. The normalized spacial score (nSPS) is 25.8. The van der Waals surface area contributed by atoms with E-state index in [0.29, 0.717) is 6.04 Å². The molecule has 1 saturated heterocycles. The van der Waals surface area contributed by atoms with Gasteiger partial charge in [-0.25, -0.2) is 0 Å². The van der Waals surface area contributed by atoms with E-state index in [-0.39, 0.29) is 6.04 Å². The molecule has 2 heterocycles. The third-order valence-corrected chi connectivity index (χ3v) is 4.77. The first-order chi connectivity index (χ1) is 8.08. The molecule has 1 fully saturated rings. The van der Waals surface area contributed by atoms with E-state index < -0.39 is 0 Å². The van der Waals surface area contributed by atoms with Crippen molar-refractivity contribution in [3.8, 4) is 0 Å². The highest BCUT2D eigenvalue weighted by Gasteiger charge is 2.28. The lowest BCUT2D eigenvalue weighted by Gasteiger charge is -2.38. The van der Waals surface area contributed by atoms with Crippen molar-refractivity contribution in [1.82, 2.24) is 4.90 Å². The highest BCUT2D eigenvalue weighted by atomic mass is 35.5. The summed E-state index contributed by atoms with van der Waals surface area (Å²) in [6.07, 6.45) is 2.62. The molecule has 1 aliphatic rings. The van der Waals surface area contributed by atoms with Gasteiger partial charge in [0.15, 0.2) is 0 Å². The second-order valence-electron chi connectivity index (χ2n) is 5.19. The van der Waals surface area contributed by atoms with Crippen LogP contribution in [0.3, 0.4) is 0 Å². The number of nitrogens with zero attached hydrogens (tertiary/aromatic N) is 1. The van der Waals surface area contributed by atoms with Gasteiger partial charge in [-0.15, -0.1) is 11.3 Å². The summed E-state index contributed by atoms with van der Waals surface area (Å²) in [6.45, 7) is 6.73. The number of hydrogen-bond donors (Lipinski definition) is 1. The van der Waals surface area contributed by atoms with Crippen LogP contribution >= 0.6 is 22.9 Å². The van der Waals surface area contributed by atoms with Gasteiger partial charge in [-0.1, -0.05) is 18.5 Å². The summed E-state index contributed by atoms with van der Waals surface area (Å²) in [4.78, 5) is 3.83. The minimum atomic E-state index is 0.148. The fourth-order valence-electron chi connectivity index (χ4n) is 2.74. The first-order valence-electron chi connectivity index (χ1n) is 6.33. The van der Waals surface area contributed by atoms with E-state index in [2.05, 4.69) is 24.8 Å². The highest BCUT2D eigenvalue weighted by molar-refractivity contribution is 7.16. The Hall–Kier alpha value is -0.0900. The highest BCUT2D eigenvalue weighted by Crippen LogP contribution is 2.34. The Morgan fingerprint density at radius 2 is 2.29 bits per heavy atom. The molecule has 0 bridgehead atoms. The van der Waals surface area contributed by atoms with Crippen LogP contribution in [0.25, 0.3) is 0 Å². The molecule has 17 heavy (non-hydrogen) atoms. The average molecular weight is 273 g/mol. The van der Waals surface area contributed by atoms with Crippen molar-refractivity contribution in [2.75, 3.05) is 13.1 Å². The van der Waals surface area contributed by atoms with Crippen molar-refractivity contribution in [3.63, 3.8) is 0 Å². The Kier molecular flexibility index (Phi) is 4.47. The minimum absolute atomic E-state index is 0.148. The van der Waals surface area contributed by atoms with Crippen molar-refractivity contribution in [2.45, 2.75) is 38.8 Å². The van der Waals surface area contributed by atoms with Crippen LogP contribution in [-0.4, -0.2) is 24.0 Å². The molecule has 1 aromatic rings. The van der Waals surface area contributed by atoms with Crippen molar-refractivity contribution in [3.05, 3.63) is 21.3 Å². The van der Waals surface area contributed by atoms with Crippen LogP contribution in [0.15, 0.2) is 12.1 Å². The first-order valence-corrected chi connectivity index (χ1v) is 7.52. The van der Waals surface area contributed by atoms with E-state index in [9.17, 15) is 0 Å². The summed E-state index contributed by atoms with van der Waals surface area (Å²) in [7, 11) is 0. The van der Waals surface area contributed by atoms with E-state index >= 15 is 0 Å². The van der Waals surface area contributed by atoms with E-state index in [1.165, 1.54) is 17.7 Å². The lowest BCUT2D eigenvalue weighted by atomic mass is 9.96. The number of likely N-dealkylation sites (tertiary alicyclic amines) is 1. The lowest BCUT2D eigenvalue weighted by molar-refractivity contribution is 0.118. The third kappa shape index (κ3) is 3.22. The van der Waals surface area contributed by atoms with Crippen molar-refractivity contribution < 1.29 is 0 Å². The van der Waals surface area contributed by atoms with Crippen molar-refractivity contribution >= 4 is 22.9 Å². The first kappa shape index (κ1) is 13.3. The summed E-state index contributed by atoms with van der Waals surface area (Å²) in [5, 5.41) is 0. The van der Waals surface area contributed by atoms with Gasteiger partial charge in [-0.05, 0) is 44.4 Å². The molecule has 0 aromatic carbocycles. The Morgan fingerprint density at radius 1 is 1.53 bits per heavy atom. The van der Waals surface area contributed by atoms with Crippen LogP contribution in [0.1, 0.15) is 37.6 Å². The summed E-state index contributed by atoms with van der Waals surface area (Å²) in [6, 6.07) is 4.58. The average Bonchev–Trinajstić information content (AvgIpc) is 2.64. The maximum atomic E-state index is 6.18. The molecule has 2 nitrogen and oxygen atoms in total. The maximum Gasteiger partial charge on any atom is 0.0931 e. The smallest absolute Gasteiger partial charge is 0.0931 e. The zero-order chi connectivity index (χ0) is 12.4. The number of thiophene rings is 1. The fourth-order valence-corrected chi connectivity index (χ4v) is 4.05. The van der Waals surface area contributed by atoms with Crippen LogP contribution in [-0.2, 0) is 0 Å². The Morgan fingerprint density at radius 3 is 2.82 bits per heavy atom. The third-order valence-electron chi connectivity index (χ3n) is 3.47. The van der Waals surface area contributed by atoms with Gasteiger partial charge in [0.05, 0.1) is 10.4 Å². The van der Waals surface area contributed by atoms with Crippen LogP contribution in [0, 0.1) is 5.92 Å². The van der Waals surface area contributed by atoms with Crippen LogP contribution in [0.4, 0.5) is 0 Å². The molecule has 0 aliphatic carbocycles. The molecule has 2 N–H and O–H groups in total. The van der Waals surface area contributed by atoms with E-state index in [0.717, 1.165) is 23.3 Å². The largest absolute Gasteiger partial charge is 0.326 e. The summed E-state index contributed by atoms with van der Waals surface area (Å²) in [5.41, 5.74) is 6.18. The van der Waals surface area contributed by atoms with E-state index in [1.807, 2.05) is 6.07 Å². The second-order valence-corrected chi connectivity index (χ2v) is 6.93. The summed E-state index contributed by atoms with van der Waals surface area (Å²) >= 11 is 7.70. The molecule has 1 aromatic heterocycles. The molecule has 3 unspecified atom stereocenters. The van der Waals surface area contributed by atoms with Crippen LogP contribution < -0.4 is 5.73 Å². The Bertz CT molecular complexity index is 364. The SMILES string of the molecule is CC1CCCN(C(c2ccc(Cl)s2)C(C)N)C1. The van der Waals surface area contributed by atoms with E-state index in [4.69, 9.17) is 17.3 Å². The molecule has 0 radical (unpaired) electrons. The minimum Gasteiger partial charge on any atom is -0.326 e. The number of nitrogens with two attached hydrogens (primary N) is 1. The molecule has 4 heteroatoms. The topological polar surface area (TPSA) is 29.3 Å². The van der Waals surface area contributed by atoms with Crippen molar-refractivity contribution in [1.29, 1.82) is 0 Å². The molecule has 3 atom stereocenters. The Balaban J connectivity index is 2.17. The van der Waals surface area contributed by atoms with Gasteiger partial charge in [0, 0.05) is 17.5 Å². The van der Waals surface area contributed by atoms with Gasteiger partial charge in [0.1, 0.15) is 0 Å². The Labute approximate surface area is 113 Å². The van der Waals surface area contributed by atoms with Gasteiger partial charge in [0.2, 0.25) is 0 Å². The maximum absolute atomic E-state index is 6.18. The number of hydrogen-bond acceptors (Lipinski definition) is 3. The summed E-state index contributed by atoms with van der Waals surface area (Å²) < 4.78 is 0.857. The van der Waals surface area contributed by atoms with Gasteiger partial charge in [0.25, 0.3) is 0 Å². The number of piperidine rings is 1. The molecular formula is C13H21ClN2S. The van der Waals surface area contributed by atoms with Gasteiger partial charge < -0.3 is 5.73 Å². The monoisotopic (exact) mass is 272 g/mol. The predicted molar refractivity (Wildman–Crippen MR) is 75.7 cm³/mol. The molecule has 2 rings (SSSR count). The zero-order valence-corrected chi connectivity index (χ0v) is 12.1. The predicted octanol–water partition coefficient (Wildman–Crippen LogP) is 3.52. The van der Waals surface area contributed by atoms with Crippen LogP contribution in [0.5, 0.6) is 0 Å².